The van der Waals surface area contributed by atoms with E-state index in [2.05, 4.69) is 40.5 Å². The van der Waals surface area contributed by atoms with Crippen LogP contribution >= 0.6 is 0 Å². The van der Waals surface area contributed by atoms with Gasteiger partial charge in [-0.1, -0.05) is 18.2 Å². The first kappa shape index (κ1) is 25.8. The summed E-state index contributed by atoms with van der Waals surface area (Å²) in [6, 6.07) is 6.04. The van der Waals surface area contributed by atoms with E-state index in [0.717, 1.165) is 79.9 Å². The molecule has 8 nitrogen and oxygen atoms in total. The van der Waals surface area contributed by atoms with Gasteiger partial charge in [0.25, 0.3) is 0 Å². The Bertz CT molecular complexity index is 1070. The lowest BCUT2D eigenvalue weighted by atomic mass is 9.98. The van der Waals surface area contributed by atoms with Crippen molar-refractivity contribution in [3.8, 4) is 0 Å². The van der Waals surface area contributed by atoms with Crippen LogP contribution in [-0.2, 0) is 9.53 Å². The molecule has 8 heteroatoms. The van der Waals surface area contributed by atoms with Crippen LogP contribution < -0.4 is 26.0 Å². The van der Waals surface area contributed by atoms with Crippen molar-refractivity contribution in [2.45, 2.75) is 71.4 Å². The first-order valence-corrected chi connectivity index (χ1v) is 14.0. The molecule has 2 amide bonds. The van der Waals surface area contributed by atoms with Crippen LogP contribution in [0.3, 0.4) is 0 Å². The predicted octanol–water partition coefficient (Wildman–Crippen LogP) is 4.34. The molecule has 1 saturated carbocycles. The van der Waals surface area contributed by atoms with Crippen molar-refractivity contribution < 1.29 is 14.3 Å². The molecule has 0 bridgehead atoms. The van der Waals surface area contributed by atoms with Crippen molar-refractivity contribution in [1.29, 1.82) is 0 Å². The van der Waals surface area contributed by atoms with E-state index >= 15 is 0 Å². The van der Waals surface area contributed by atoms with Crippen molar-refractivity contribution in [1.82, 2.24) is 16.2 Å². The van der Waals surface area contributed by atoms with Gasteiger partial charge in [-0.15, -0.1) is 0 Å². The van der Waals surface area contributed by atoms with E-state index in [9.17, 15) is 9.59 Å². The Balaban J connectivity index is 1.48. The second-order valence-electron chi connectivity index (χ2n) is 11.1. The van der Waals surface area contributed by atoms with Crippen LogP contribution in [0.25, 0.3) is 5.57 Å². The third kappa shape index (κ3) is 5.85. The molecule has 200 valence electrons. The molecule has 5 rings (SSSR count). The Hall–Kier alpha value is -2.84. The second-order valence-corrected chi connectivity index (χ2v) is 11.1. The molecule has 0 aromatic heterocycles. The summed E-state index contributed by atoms with van der Waals surface area (Å²) in [5.41, 5.74) is 11.8. The lowest BCUT2D eigenvalue weighted by Crippen LogP contribution is -2.52. The van der Waals surface area contributed by atoms with Crippen molar-refractivity contribution in [3.05, 3.63) is 41.6 Å². The average molecular weight is 508 g/mol. The molecular formula is C29H41N5O3. The summed E-state index contributed by atoms with van der Waals surface area (Å²) in [7, 11) is 0. The Morgan fingerprint density at radius 3 is 2.76 bits per heavy atom. The summed E-state index contributed by atoms with van der Waals surface area (Å²) >= 11 is 0. The predicted molar refractivity (Wildman–Crippen MR) is 147 cm³/mol. The lowest BCUT2D eigenvalue weighted by Gasteiger charge is -2.41. The minimum atomic E-state index is -0.366. The molecule has 37 heavy (non-hydrogen) atoms. The van der Waals surface area contributed by atoms with E-state index in [1.54, 1.807) is 4.90 Å². The van der Waals surface area contributed by atoms with Gasteiger partial charge in [0.05, 0.1) is 23.5 Å². The van der Waals surface area contributed by atoms with Crippen LogP contribution in [0.2, 0.25) is 0 Å². The maximum absolute atomic E-state index is 13.2. The van der Waals surface area contributed by atoms with E-state index < -0.39 is 0 Å². The minimum Gasteiger partial charge on any atom is -0.446 e. The Kier molecular flexibility index (Phi) is 7.86. The third-order valence-corrected chi connectivity index (χ3v) is 7.64. The Labute approximate surface area is 220 Å². The number of amides is 2. The highest BCUT2D eigenvalue weighted by atomic mass is 16.6. The molecule has 1 saturated heterocycles. The minimum absolute atomic E-state index is 0.105. The third-order valence-electron chi connectivity index (χ3n) is 7.64. The van der Waals surface area contributed by atoms with Gasteiger partial charge in [-0.25, -0.2) is 10.2 Å². The van der Waals surface area contributed by atoms with Crippen LogP contribution in [-0.4, -0.2) is 50.3 Å². The van der Waals surface area contributed by atoms with Gasteiger partial charge >= 0.3 is 6.09 Å². The molecule has 2 atom stereocenters. The number of rotatable bonds is 7. The van der Waals surface area contributed by atoms with Gasteiger partial charge in [0.15, 0.2) is 0 Å². The van der Waals surface area contributed by atoms with Gasteiger partial charge < -0.3 is 20.4 Å². The maximum atomic E-state index is 13.2. The molecule has 1 aromatic carbocycles. The number of nitrogens with zero attached hydrogens (tertiary/aromatic N) is 2. The van der Waals surface area contributed by atoms with Crippen LogP contribution in [0.15, 0.2) is 36.0 Å². The molecule has 3 N–H and O–H groups in total. The first-order chi connectivity index (χ1) is 17.9. The summed E-state index contributed by atoms with van der Waals surface area (Å²) in [5, 5.41) is 3.42. The van der Waals surface area contributed by atoms with Crippen molar-refractivity contribution in [2.75, 3.05) is 36.0 Å². The van der Waals surface area contributed by atoms with E-state index in [-0.39, 0.29) is 30.1 Å². The largest absolute Gasteiger partial charge is 0.446 e. The molecule has 1 aromatic rings. The van der Waals surface area contributed by atoms with Gasteiger partial charge in [-0.05, 0) is 96.0 Å². The zero-order valence-electron chi connectivity index (χ0n) is 22.4. The highest BCUT2D eigenvalue weighted by molar-refractivity contribution is 6.05. The van der Waals surface area contributed by atoms with Gasteiger partial charge in [0, 0.05) is 30.3 Å². The lowest BCUT2D eigenvalue weighted by molar-refractivity contribution is -0.120. The standard InChI is InChI=1S/C29H41N5O3/c1-19(2)37-29(36)33-18-20(3)34(28(35)22-9-10-22)26-12-11-23(15-27(26)33)24-7-5-4-6-8-25(24)32-31-17-21-13-14-30-16-21/h5,7,11-12,15,19-22,30-32H,4,6,8-10,13-14,16-18H2,1-3H3/t20-,21+/m0/s1. The van der Waals surface area contributed by atoms with Crippen molar-refractivity contribution >= 4 is 28.9 Å². The fraction of sp³-hybridized carbons (Fsp3) is 0.586. The molecule has 0 spiro atoms. The second kappa shape index (κ2) is 11.3. The summed E-state index contributed by atoms with van der Waals surface area (Å²) in [6.07, 6.45) is 9.97. The number of ether oxygens (including phenoxy) is 1. The summed E-state index contributed by atoms with van der Waals surface area (Å²) in [5.74, 6) is 0.910. The van der Waals surface area contributed by atoms with Crippen LogP contribution in [0.4, 0.5) is 16.2 Å². The van der Waals surface area contributed by atoms with Gasteiger partial charge in [0.1, 0.15) is 0 Å². The normalized spacial score (nSPS) is 23.8. The number of nitrogens with one attached hydrogen (secondary N) is 3. The average Bonchev–Trinajstić information content (AvgIpc) is 3.64. The zero-order chi connectivity index (χ0) is 25.9. The number of hydrogen-bond donors (Lipinski definition) is 3. The molecule has 2 fully saturated rings. The molecule has 2 heterocycles. The van der Waals surface area contributed by atoms with Crippen molar-refractivity contribution in [2.24, 2.45) is 11.8 Å². The first-order valence-electron chi connectivity index (χ1n) is 14.0. The van der Waals surface area contributed by atoms with E-state index in [1.165, 1.54) is 6.42 Å². The van der Waals surface area contributed by atoms with E-state index in [0.29, 0.717) is 12.5 Å². The molecule has 0 unspecified atom stereocenters. The molecule has 4 aliphatic rings. The van der Waals surface area contributed by atoms with Crippen molar-refractivity contribution in [3.63, 3.8) is 0 Å². The van der Waals surface area contributed by atoms with Gasteiger partial charge in [-0.3, -0.25) is 9.69 Å². The monoisotopic (exact) mass is 507 g/mol. The van der Waals surface area contributed by atoms with E-state index in [4.69, 9.17) is 4.74 Å². The van der Waals surface area contributed by atoms with Gasteiger partial charge in [-0.2, -0.15) is 0 Å². The quantitative estimate of drug-likeness (QED) is 0.476. The highest BCUT2D eigenvalue weighted by Crippen LogP contribution is 2.42. The van der Waals surface area contributed by atoms with Gasteiger partial charge in [0.2, 0.25) is 5.91 Å². The number of carbonyl (C=O) groups excluding carboxylic acids is 2. The number of carbonyl (C=O) groups is 2. The number of hydrogen-bond acceptors (Lipinski definition) is 6. The fourth-order valence-corrected chi connectivity index (χ4v) is 5.52. The summed E-state index contributed by atoms with van der Waals surface area (Å²) in [4.78, 5) is 30.0. The van der Waals surface area contributed by atoms with Crippen LogP contribution in [0, 0.1) is 11.8 Å². The SMILES string of the molecule is CC(C)OC(=O)N1C[C@H](C)N(C(=O)C2CC2)c2ccc(C3=C(NNC[C@@H]4CCNC4)CCCC=C3)cc21. The van der Waals surface area contributed by atoms with Crippen LogP contribution in [0.1, 0.15) is 64.9 Å². The van der Waals surface area contributed by atoms with Crippen LogP contribution in [0.5, 0.6) is 0 Å². The topological polar surface area (TPSA) is 85.9 Å². The smallest absolute Gasteiger partial charge is 0.414 e. The molecule has 2 aliphatic carbocycles. The number of hydrazine groups is 1. The molecule has 2 aliphatic heterocycles. The van der Waals surface area contributed by atoms with E-state index in [1.807, 2.05) is 31.7 Å². The maximum Gasteiger partial charge on any atom is 0.414 e. The number of anilines is 2. The Morgan fingerprint density at radius 1 is 1.19 bits per heavy atom. The highest BCUT2D eigenvalue weighted by Gasteiger charge is 2.41. The number of allylic oxidation sites excluding steroid dienone is 4. The fourth-order valence-electron chi connectivity index (χ4n) is 5.52. The molecule has 0 radical (unpaired) electrons. The number of benzene rings is 1. The zero-order valence-corrected chi connectivity index (χ0v) is 22.4. The molecular weight excluding hydrogens is 466 g/mol. The summed E-state index contributed by atoms with van der Waals surface area (Å²) in [6.45, 7) is 9.21. The number of fused-ring (bicyclic) bond motifs is 1. The Morgan fingerprint density at radius 2 is 2.03 bits per heavy atom. The summed E-state index contributed by atoms with van der Waals surface area (Å²) < 4.78 is 5.61.